The van der Waals surface area contributed by atoms with E-state index in [0.717, 1.165) is 29.0 Å². The summed E-state index contributed by atoms with van der Waals surface area (Å²) in [5, 5.41) is 3.13. The van der Waals surface area contributed by atoms with Crippen molar-refractivity contribution in [3.63, 3.8) is 0 Å². The fourth-order valence-electron chi connectivity index (χ4n) is 2.51. The number of aromatic nitrogens is 2. The summed E-state index contributed by atoms with van der Waals surface area (Å²) in [5.41, 5.74) is 5.82. The molecule has 3 rings (SSSR count). The van der Waals surface area contributed by atoms with Crippen LogP contribution in [0.15, 0.2) is 42.5 Å². The largest absolute Gasteiger partial charge is 0.388 e. The summed E-state index contributed by atoms with van der Waals surface area (Å²) in [4.78, 5) is 4.79. The van der Waals surface area contributed by atoms with Crippen LogP contribution in [-0.4, -0.2) is 16.6 Å². The lowest BCUT2D eigenvalue weighted by Crippen LogP contribution is -1.93. The van der Waals surface area contributed by atoms with Crippen LogP contribution in [-0.2, 0) is 13.5 Å². The molecule has 116 valence electrons. The van der Waals surface area contributed by atoms with Crippen LogP contribution in [0.25, 0.3) is 22.4 Å². The van der Waals surface area contributed by atoms with E-state index >= 15 is 0 Å². The molecule has 0 aliphatic rings. The van der Waals surface area contributed by atoms with Gasteiger partial charge >= 0.3 is 0 Å². The Morgan fingerprint density at radius 1 is 1.05 bits per heavy atom. The van der Waals surface area contributed by atoms with E-state index in [-0.39, 0.29) is 0 Å². The smallest absolute Gasteiger partial charge is 0.140 e. The minimum Gasteiger partial charge on any atom is -0.388 e. The molecule has 3 heteroatoms. The van der Waals surface area contributed by atoms with Gasteiger partial charge in [0.15, 0.2) is 0 Å². The van der Waals surface area contributed by atoms with Crippen molar-refractivity contribution in [1.29, 1.82) is 0 Å². The minimum absolute atomic E-state index is 1.01. The highest BCUT2D eigenvalue weighted by molar-refractivity contribution is 5.81. The summed E-state index contributed by atoms with van der Waals surface area (Å²) in [5.74, 6) is 1.01. The van der Waals surface area contributed by atoms with Crippen molar-refractivity contribution in [2.45, 2.75) is 27.2 Å². The Morgan fingerprint density at radius 3 is 2.32 bits per heavy atom. The molecule has 0 bridgehead atoms. The van der Waals surface area contributed by atoms with Gasteiger partial charge in [-0.1, -0.05) is 26.8 Å². The van der Waals surface area contributed by atoms with Gasteiger partial charge in [0.2, 0.25) is 0 Å². The van der Waals surface area contributed by atoms with Crippen LogP contribution in [0.3, 0.4) is 0 Å². The van der Waals surface area contributed by atoms with Gasteiger partial charge in [-0.05, 0) is 48.4 Å². The first-order valence-corrected chi connectivity index (χ1v) is 7.96. The third-order valence-electron chi connectivity index (χ3n) is 3.79. The number of aryl methyl sites for hydroxylation is 2. The predicted octanol–water partition coefficient (Wildman–Crippen LogP) is 4.87. The Morgan fingerprint density at radius 2 is 1.73 bits per heavy atom. The number of rotatable bonds is 3. The molecule has 0 saturated heterocycles. The quantitative estimate of drug-likeness (QED) is 0.747. The maximum Gasteiger partial charge on any atom is 0.140 e. The predicted molar refractivity (Wildman–Crippen MR) is 96.4 cm³/mol. The Labute approximate surface area is 133 Å². The maximum atomic E-state index is 4.79. The lowest BCUT2D eigenvalue weighted by atomic mass is 10.1. The van der Waals surface area contributed by atoms with Crippen molar-refractivity contribution in [1.82, 2.24) is 9.55 Å². The van der Waals surface area contributed by atoms with E-state index in [9.17, 15) is 0 Å². The first-order chi connectivity index (χ1) is 10.7. The average molecular weight is 295 g/mol. The van der Waals surface area contributed by atoms with Crippen molar-refractivity contribution < 1.29 is 0 Å². The van der Waals surface area contributed by atoms with Crippen LogP contribution < -0.4 is 5.32 Å². The highest BCUT2D eigenvalue weighted by Crippen LogP contribution is 2.25. The number of nitrogens with one attached hydrogen (secondary N) is 1. The van der Waals surface area contributed by atoms with Crippen LogP contribution in [0, 0.1) is 0 Å². The minimum atomic E-state index is 1.01. The van der Waals surface area contributed by atoms with E-state index in [2.05, 4.69) is 66.3 Å². The highest BCUT2D eigenvalue weighted by atomic mass is 15.1. The first kappa shape index (κ1) is 16.1. The topological polar surface area (TPSA) is 29.9 Å². The fraction of sp³-hybridized carbons (Fsp3) is 0.316. The van der Waals surface area contributed by atoms with Crippen LogP contribution in [0.1, 0.15) is 26.3 Å². The second-order valence-electron chi connectivity index (χ2n) is 5.00. The molecule has 0 unspecified atom stereocenters. The first-order valence-electron chi connectivity index (χ1n) is 7.96. The molecule has 0 amide bonds. The number of anilines is 1. The van der Waals surface area contributed by atoms with Crippen molar-refractivity contribution >= 4 is 16.7 Å². The zero-order valence-corrected chi connectivity index (χ0v) is 14.1. The molecule has 1 aromatic heterocycles. The van der Waals surface area contributed by atoms with E-state index in [1.54, 1.807) is 0 Å². The molecule has 0 fully saturated rings. The molecule has 22 heavy (non-hydrogen) atoms. The Balaban J connectivity index is 0.000000847. The number of fused-ring (bicyclic) bond motifs is 1. The zero-order valence-electron chi connectivity index (χ0n) is 14.1. The number of imidazole rings is 1. The molecule has 0 atom stereocenters. The van der Waals surface area contributed by atoms with Crippen molar-refractivity contribution in [3.05, 3.63) is 48.0 Å². The molecular weight excluding hydrogens is 270 g/mol. The second kappa shape index (κ2) is 7.12. The van der Waals surface area contributed by atoms with Gasteiger partial charge in [0.1, 0.15) is 5.82 Å². The molecule has 3 nitrogen and oxygen atoms in total. The molecule has 1 heterocycles. The van der Waals surface area contributed by atoms with Gasteiger partial charge in [0, 0.05) is 25.3 Å². The van der Waals surface area contributed by atoms with Gasteiger partial charge in [-0.25, -0.2) is 4.98 Å². The Hall–Kier alpha value is -2.29. The normalized spacial score (nSPS) is 10.2. The number of benzene rings is 2. The molecule has 0 aliphatic carbocycles. The van der Waals surface area contributed by atoms with Crippen molar-refractivity contribution in [2.75, 3.05) is 12.4 Å². The lowest BCUT2D eigenvalue weighted by Gasteiger charge is -2.04. The summed E-state index contributed by atoms with van der Waals surface area (Å²) in [6.07, 6.45) is 1.04. The summed E-state index contributed by atoms with van der Waals surface area (Å²) in [6.45, 7) is 6.17. The van der Waals surface area contributed by atoms with E-state index in [1.165, 1.54) is 11.1 Å². The van der Waals surface area contributed by atoms with Crippen molar-refractivity contribution in [2.24, 2.45) is 7.05 Å². The van der Waals surface area contributed by atoms with Crippen LogP contribution in [0.2, 0.25) is 0 Å². The van der Waals surface area contributed by atoms with Crippen LogP contribution >= 0.6 is 0 Å². The fourth-order valence-corrected chi connectivity index (χ4v) is 2.51. The third-order valence-corrected chi connectivity index (χ3v) is 3.79. The summed E-state index contributed by atoms with van der Waals surface area (Å²) >= 11 is 0. The maximum absolute atomic E-state index is 4.79. The summed E-state index contributed by atoms with van der Waals surface area (Å²) in [6, 6.07) is 14.9. The van der Waals surface area contributed by atoms with Gasteiger partial charge in [-0.3, -0.25) is 0 Å². The van der Waals surface area contributed by atoms with E-state index in [0.29, 0.717) is 0 Å². The number of hydrogen-bond acceptors (Lipinski definition) is 2. The van der Waals surface area contributed by atoms with E-state index in [1.807, 2.05) is 20.9 Å². The molecule has 2 aromatic carbocycles. The van der Waals surface area contributed by atoms with Crippen molar-refractivity contribution in [3.8, 4) is 11.4 Å². The standard InChI is InChI=1S/C17H19N3.C2H6/c1-4-12-5-10-16-15(11-12)19-17(20(16)3)13-6-8-14(18-2)9-7-13;1-2/h5-11,18H,4H2,1-3H3;1-2H3. The molecule has 0 radical (unpaired) electrons. The molecule has 1 N–H and O–H groups in total. The molecule has 0 saturated carbocycles. The van der Waals surface area contributed by atoms with Crippen LogP contribution in [0.4, 0.5) is 5.69 Å². The monoisotopic (exact) mass is 295 g/mol. The van der Waals surface area contributed by atoms with E-state index < -0.39 is 0 Å². The van der Waals surface area contributed by atoms with Gasteiger partial charge < -0.3 is 9.88 Å². The molecule has 0 aliphatic heterocycles. The second-order valence-corrected chi connectivity index (χ2v) is 5.00. The summed E-state index contributed by atoms with van der Waals surface area (Å²) < 4.78 is 2.16. The SMILES string of the molecule is CC.CCc1ccc2c(c1)nc(-c1ccc(NC)cc1)n2C. The van der Waals surface area contributed by atoms with Gasteiger partial charge in [0.05, 0.1) is 11.0 Å². The third kappa shape index (κ3) is 2.98. The zero-order chi connectivity index (χ0) is 16.1. The highest BCUT2D eigenvalue weighted by Gasteiger charge is 2.09. The van der Waals surface area contributed by atoms with E-state index in [4.69, 9.17) is 4.98 Å². The number of nitrogens with zero attached hydrogens (tertiary/aromatic N) is 2. The Bertz CT molecular complexity index is 739. The van der Waals surface area contributed by atoms with Gasteiger partial charge in [-0.15, -0.1) is 0 Å². The molecular formula is C19H25N3. The molecule has 3 aromatic rings. The number of hydrogen-bond donors (Lipinski definition) is 1. The van der Waals surface area contributed by atoms with Gasteiger partial charge in [-0.2, -0.15) is 0 Å². The van der Waals surface area contributed by atoms with Gasteiger partial charge in [0.25, 0.3) is 0 Å². The van der Waals surface area contributed by atoms with Crippen LogP contribution in [0.5, 0.6) is 0 Å². The summed E-state index contributed by atoms with van der Waals surface area (Å²) in [7, 11) is 4.00. The Kier molecular flexibility index (Phi) is 5.21. The average Bonchev–Trinajstić information content (AvgIpc) is 2.93. The molecule has 0 spiro atoms. The lowest BCUT2D eigenvalue weighted by molar-refractivity contribution is 0.959.